The lowest BCUT2D eigenvalue weighted by atomic mass is 9.89. The van der Waals surface area contributed by atoms with Crippen molar-refractivity contribution in [2.45, 2.75) is 63.0 Å². The van der Waals surface area contributed by atoms with E-state index in [9.17, 15) is 9.18 Å². The van der Waals surface area contributed by atoms with Crippen LogP contribution >= 0.6 is 0 Å². The summed E-state index contributed by atoms with van der Waals surface area (Å²) in [5.41, 5.74) is 1.89. The third-order valence-corrected chi connectivity index (χ3v) is 7.60. The first-order valence-electron chi connectivity index (χ1n) is 12.2. The molecule has 0 atom stereocenters. The summed E-state index contributed by atoms with van der Waals surface area (Å²) in [5.74, 6) is 1.12. The maximum atomic E-state index is 13.1. The predicted molar refractivity (Wildman–Crippen MR) is 124 cm³/mol. The second kappa shape index (κ2) is 9.62. The standard InChI is InChI=1S/C27H33FN2O2/c28-23-8-4-22(5-9-23)27(31)30-16-12-21(13-17-30)20-6-10-25(11-7-20)32-26-14-18-29(19-15-26)24-2-1-3-24/h4-11,21,24,26H,1-3,12-19H2. The van der Waals surface area contributed by atoms with Crippen molar-refractivity contribution in [3.05, 3.63) is 65.5 Å². The number of benzene rings is 2. The lowest BCUT2D eigenvalue weighted by Crippen LogP contribution is -2.46. The maximum Gasteiger partial charge on any atom is 0.253 e. The highest BCUT2D eigenvalue weighted by molar-refractivity contribution is 5.94. The van der Waals surface area contributed by atoms with E-state index in [-0.39, 0.29) is 11.7 Å². The number of rotatable bonds is 5. The zero-order valence-corrected chi connectivity index (χ0v) is 18.7. The topological polar surface area (TPSA) is 32.8 Å². The molecule has 5 heteroatoms. The van der Waals surface area contributed by atoms with Gasteiger partial charge in [-0.3, -0.25) is 4.79 Å². The molecular formula is C27H33FN2O2. The zero-order chi connectivity index (χ0) is 21.9. The van der Waals surface area contributed by atoms with Crippen molar-refractivity contribution < 1.29 is 13.9 Å². The summed E-state index contributed by atoms with van der Waals surface area (Å²) in [4.78, 5) is 17.2. The highest BCUT2D eigenvalue weighted by Gasteiger charge is 2.29. The van der Waals surface area contributed by atoms with Gasteiger partial charge in [-0.15, -0.1) is 0 Å². The Kier molecular flexibility index (Phi) is 6.44. The number of piperidine rings is 2. The van der Waals surface area contributed by atoms with E-state index < -0.39 is 0 Å². The fraction of sp³-hybridized carbons (Fsp3) is 0.519. The number of hydrogen-bond donors (Lipinski definition) is 0. The number of hydrogen-bond acceptors (Lipinski definition) is 3. The molecule has 1 amide bonds. The second-order valence-electron chi connectivity index (χ2n) is 9.58. The Hall–Kier alpha value is -2.40. The highest BCUT2D eigenvalue weighted by atomic mass is 19.1. The molecular weight excluding hydrogens is 403 g/mol. The van der Waals surface area contributed by atoms with E-state index in [0.717, 1.165) is 50.6 Å². The van der Waals surface area contributed by atoms with Crippen LogP contribution in [0.2, 0.25) is 0 Å². The van der Waals surface area contributed by atoms with E-state index in [2.05, 4.69) is 29.2 Å². The minimum Gasteiger partial charge on any atom is -0.490 e. The summed E-state index contributed by atoms with van der Waals surface area (Å²) in [5, 5.41) is 0. The number of halogens is 1. The number of carbonyl (C=O) groups excluding carboxylic acids is 1. The summed E-state index contributed by atoms with van der Waals surface area (Å²) in [6, 6.07) is 15.3. The fourth-order valence-electron chi connectivity index (χ4n) is 5.31. The van der Waals surface area contributed by atoms with Crippen molar-refractivity contribution >= 4 is 5.91 Å². The first-order valence-corrected chi connectivity index (χ1v) is 12.2. The molecule has 2 aromatic carbocycles. The molecule has 4 nitrogen and oxygen atoms in total. The van der Waals surface area contributed by atoms with Crippen LogP contribution in [0.15, 0.2) is 48.5 Å². The number of likely N-dealkylation sites (tertiary alicyclic amines) is 2. The minimum atomic E-state index is -0.313. The summed E-state index contributed by atoms with van der Waals surface area (Å²) in [6.45, 7) is 3.81. The number of amides is 1. The van der Waals surface area contributed by atoms with Crippen LogP contribution in [0.4, 0.5) is 4.39 Å². The molecule has 170 valence electrons. The average Bonchev–Trinajstić information content (AvgIpc) is 2.80. The van der Waals surface area contributed by atoms with E-state index in [1.54, 1.807) is 12.1 Å². The molecule has 2 aromatic rings. The SMILES string of the molecule is O=C(c1ccc(F)cc1)N1CCC(c2ccc(OC3CCN(C4CCC4)CC3)cc2)CC1. The summed E-state index contributed by atoms with van der Waals surface area (Å²) < 4.78 is 19.4. The van der Waals surface area contributed by atoms with Gasteiger partial charge < -0.3 is 14.5 Å². The summed E-state index contributed by atoms with van der Waals surface area (Å²) >= 11 is 0. The monoisotopic (exact) mass is 436 g/mol. The Morgan fingerprint density at radius 1 is 0.812 bits per heavy atom. The average molecular weight is 437 g/mol. The maximum absolute atomic E-state index is 13.1. The van der Waals surface area contributed by atoms with Crippen molar-refractivity contribution in [1.29, 1.82) is 0 Å². The van der Waals surface area contributed by atoms with Gasteiger partial charge in [-0.05, 0) is 86.4 Å². The van der Waals surface area contributed by atoms with Gasteiger partial charge in [0, 0.05) is 37.8 Å². The van der Waals surface area contributed by atoms with Crippen LogP contribution in [0, 0.1) is 5.82 Å². The van der Waals surface area contributed by atoms with E-state index in [4.69, 9.17) is 4.74 Å². The molecule has 32 heavy (non-hydrogen) atoms. The minimum absolute atomic E-state index is 0.00412. The van der Waals surface area contributed by atoms with Crippen LogP contribution in [0.1, 0.15) is 66.8 Å². The number of nitrogens with zero attached hydrogens (tertiary/aromatic N) is 2. The van der Waals surface area contributed by atoms with Gasteiger partial charge in [0.1, 0.15) is 17.7 Å². The van der Waals surface area contributed by atoms with E-state index in [1.165, 1.54) is 50.0 Å². The number of carbonyl (C=O) groups is 1. The molecule has 0 bridgehead atoms. The molecule has 3 aliphatic rings. The molecule has 0 aromatic heterocycles. The van der Waals surface area contributed by atoms with Crippen LogP contribution in [0.5, 0.6) is 5.75 Å². The molecule has 0 spiro atoms. The van der Waals surface area contributed by atoms with Crippen molar-refractivity contribution in [2.24, 2.45) is 0 Å². The first kappa shape index (κ1) is 21.4. The molecule has 0 unspecified atom stereocenters. The molecule has 3 fully saturated rings. The molecule has 5 rings (SSSR count). The van der Waals surface area contributed by atoms with Gasteiger partial charge in [0.25, 0.3) is 5.91 Å². The van der Waals surface area contributed by atoms with Gasteiger partial charge >= 0.3 is 0 Å². The molecule has 0 N–H and O–H groups in total. The van der Waals surface area contributed by atoms with E-state index >= 15 is 0 Å². The first-order chi connectivity index (χ1) is 15.7. The zero-order valence-electron chi connectivity index (χ0n) is 18.7. The van der Waals surface area contributed by atoms with Gasteiger partial charge in [0.15, 0.2) is 0 Å². The Balaban J connectivity index is 1.09. The van der Waals surface area contributed by atoms with Crippen LogP contribution in [-0.2, 0) is 0 Å². The van der Waals surface area contributed by atoms with Crippen molar-refractivity contribution in [2.75, 3.05) is 26.2 Å². The molecule has 1 aliphatic carbocycles. The van der Waals surface area contributed by atoms with Crippen molar-refractivity contribution in [3.63, 3.8) is 0 Å². The van der Waals surface area contributed by atoms with Crippen LogP contribution in [0.3, 0.4) is 0 Å². The van der Waals surface area contributed by atoms with Gasteiger partial charge in [-0.1, -0.05) is 18.6 Å². The lowest BCUT2D eigenvalue weighted by molar-refractivity contribution is 0.0493. The Bertz CT molecular complexity index is 894. The van der Waals surface area contributed by atoms with Gasteiger partial charge in [0.05, 0.1) is 0 Å². The third kappa shape index (κ3) is 4.83. The molecule has 2 heterocycles. The molecule has 2 saturated heterocycles. The third-order valence-electron chi connectivity index (χ3n) is 7.60. The normalized spacial score (nSPS) is 21.3. The van der Waals surface area contributed by atoms with Crippen molar-refractivity contribution in [1.82, 2.24) is 9.80 Å². The summed E-state index contributed by atoms with van der Waals surface area (Å²) in [6.07, 6.45) is 8.64. The fourth-order valence-corrected chi connectivity index (χ4v) is 5.31. The summed E-state index contributed by atoms with van der Waals surface area (Å²) in [7, 11) is 0. The largest absolute Gasteiger partial charge is 0.490 e. The van der Waals surface area contributed by atoms with Crippen LogP contribution in [0.25, 0.3) is 0 Å². The van der Waals surface area contributed by atoms with Crippen LogP contribution < -0.4 is 4.74 Å². The molecule has 2 aliphatic heterocycles. The second-order valence-corrected chi connectivity index (χ2v) is 9.58. The smallest absolute Gasteiger partial charge is 0.253 e. The van der Waals surface area contributed by atoms with Gasteiger partial charge in [0.2, 0.25) is 0 Å². The van der Waals surface area contributed by atoms with E-state index in [0.29, 0.717) is 17.6 Å². The van der Waals surface area contributed by atoms with Gasteiger partial charge in [-0.25, -0.2) is 4.39 Å². The lowest BCUT2D eigenvalue weighted by Gasteiger charge is -2.41. The predicted octanol–water partition coefficient (Wildman–Crippen LogP) is 5.24. The number of ether oxygens (including phenoxy) is 1. The van der Waals surface area contributed by atoms with Crippen LogP contribution in [-0.4, -0.2) is 54.0 Å². The Labute approximate surface area is 190 Å². The quantitative estimate of drug-likeness (QED) is 0.643. The highest BCUT2D eigenvalue weighted by Crippen LogP contribution is 2.31. The van der Waals surface area contributed by atoms with Gasteiger partial charge in [-0.2, -0.15) is 0 Å². The van der Waals surface area contributed by atoms with E-state index in [1.807, 2.05) is 4.90 Å². The van der Waals surface area contributed by atoms with Crippen molar-refractivity contribution in [3.8, 4) is 5.75 Å². The Morgan fingerprint density at radius 2 is 1.47 bits per heavy atom. The molecule has 0 radical (unpaired) electrons. The molecule has 1 saturated carbocycles. The Morgan fingerprint density at radius 3 is 2.06 bits per heavy atom.